The summed E-state index contributed by atoms with van der Waals surface area (Å²) in [6.07, 6.45) is 1.91. The molecule has 104 valence electrons. The molecular formula is C15H13BrFNO2. The maximum absolute atomic E-state index is 12.9. The van der Waals surface area contributed by atoms with E-state index in [1.165, 1.54) is 12.1 Å². The van der Waals surface area contributed by atoms with Gasteiger partial charge in [-0.05, 0) is 58.6 Å². The van der Waals surface area contributed by atoms with Crippen molar-refractivity contribution in [1.82, 2.24) is 4.98 Å². The number of aryl methyl sites for hydroxylation is 1. The van der Waals surface area contributed by atoms with Gasteiger partial charge in [0.25, 0.3) is 0 Å². The molecule has 20 heavy (non-hydrogen) atoms. The fraction of sp³-hybridized carbons (Fsp3) is 0.200. The number of pyridine rings is 1. The molecule has 0 saturated carbocycles. The maximum atomic E-state index is 12.9. The molecule has 0 bridgehead atoms. The van der Waals surface area contributed by atoms with Crippen LogP contribution >= 0.6 is 15.9 Å². The predicted octanol–water partition coefficient (Wildman–Crippen LogP) is 3.70. The standard InChI is InChI=1S/C15H13BrFNO2/c1-9-6-13(16)14(18-8-9)12(15(19)20)7-10-2-4-11(17)5-3-10/h2-6,8,12H,7H2,1H3,(H,19,20). The van der Waals surface area contributed by atoms with Crippen molar-refractivity contribution in [1.29, 1.82) is 0 Å². The van der Waals surface area contributed by atoms with E-state index in [-0.39, 0.29) is 12.2 Å². The first-order valence-corrected chi connectivity index (χ1v) is 6.86. The number of aliphatic carboxylic acids is 1. The fourth-order valence-corrected chi connectivity index (χ4v) is 2.70. The molecule has 1 heterocycles. The van der Waals surface area contributed by atoms with E-state index >= 15 is 0 Å². The smallest absolute Gasteiger partial charge is 0.312 e. The second-order valence-electron chi connectivity index (χ2n) is 4.60. The van der Waals surface area contributed by atoms with Gasteiger partial charge in [0.1, 0.15) is 11.7 Å². The van der Waals surface area contributed by atoms with Crippen LogP contribution in [0.4, 0.5) is 4.39 Å². The number of carboxylic acids is 1. The second kappa shape index (κ2) is 6.13. The van der Waals surface area contributed by atoms with Crippen molar-refractivity contribution in [2.24, 2.45) is 0 Å². The lowest BCUT2D eigenvalue weighted by molar-refractivity contribution is -0.138. The molecule has 0 spiro atoms. The van der Waals surface area contributed by atoms with Crippen molar-refractivity contribution in [2.45, 2.75) is 19.3 Å². The third kappa shape index (κ3) is 3.42. The van der Waals surface area contributed by atoms with Crippen LogP contribution < -0.4 is 0 Å². The average molecular weight is 338 g/mol. The summed E-state index contributed by atoms with van der Waals surface area (Å²) in [5.74, 6) is -2.06. The SMILES string of the molecule is Cc1cnc(C(Cc2ccc(F)cc2)C(=O)O)c(Br)c1. The lowest BCUT2D eigenvalue weighted by atomic mass is 9.95. The zero-order chi connectivity index (χ0) is 14.7. The monoisotopic (exact) mass is 337 g/mol. The Kier molecular flexibility index (Phi) is 4.49. The van der Waals surface area contributed by atoms with Crippen LogP contribution in [-0.2, 0) is 11.2 Å². The van der Waals surface area contributed by atoms with E-state index in [2.05, 4.69) is 20.9 Å². The number of aromatic nitrogens is 1. The maximum Gasteiger partial charge on any atom is 0.312 e. The third-order valence-electron chi connectivity index (χ3n) is 2.99. The summed E-state index contributed by atoms with van der Waals surface area (Å²) >= 11 is 3.36. The lowest BCUT2D eigenvalue weighted by Crippen LogP contribution is -2.16. The van der Waals surface area contributed by atoms with E-state index in [1.54, 1.807) is 18.3 Å². The summed E-state index contributed by atoms with van der Waals surface area (Å²) in [6.45, 7) is 1.89. The van der Waals surface area contributed by atoms with Crippen LogP contribution in [0.25, 0.3) is 0 Å². The molecule has 0 aliphatic heterocycles. The summed E-state index contributed by atoms with van der Waals surface area (Å²) in [4.78, 5) is 15.7. The molecular weight excluding hydrogens is 325 g/mol. The molecule has 1 N–H and O–H groups in total. The molecule has 2 rings (SSSR count). The number of nitrogens with zero attached hydrogens (tertiary/aromatic N) is 1. The Morgan fingerprint density at radius 2 is 2.05 bits per heavy atom. The normalized spacial score (nSPS) is 12.2. The van der Waals surface area contributed by atoms with E-state index in [9.17, 15) is 14.3 Å². The zero-order valence-electron chi connectivity index (χ0n) is 10.8. The van der Waals surface area contributed by atoms with E-state index < -0.39 is 11.9 Å². The van der Waals surface area contributed by atoms with Gasteiger partial charge in [-0.2, -0.15) is 0 Å². The van der Waals surface area contributed by atoms with Crippen LogP contribution in [0.2, 0.25) is 0 Å². The first-order valence-electron chi connectivity index (χ1n) is 6.06. The van der Waals surface area contributed by atoms with Crippen molar-refractivity contribution in [3.63, 3.8) is 0 Å². The van der Waals surface area contributed by atoms with Crippen molar-refractivity contribution >= 4 is 21.9 Å². The van der Waals surface area contributed by atoms with Crippen molar-refractivity contribution in [3.05, 3.63) is 63.6 Å². The van der Waals surface area contributed by atoms with Gasteiger partial charge in [0.05, 0.1) is 5.69 Å². The molecule has 1 aromatic carbocycles. The number of benzene rings is 1. The minimum absolute atomic E-state index is 0.268. The van der Waals surface area contributed by atoms with Crippen molar-refractivity contribution in [3.8, 4) is 0 Å². The van der Waals surface area contributed by atoms with Gasteiger partial charge in [0.15, 0.2) is 0 Å². The molecule has 1 unspecified atom stereocenters. The Balaban J connectivity index is 2.31. The number of rotatable bonds is 4. The number of carbonyl (C=O) groups is 1. The highest BCUT2D eigenvalue weighted by atomic mass is 79.9. The molecule has 1 atom stereocenters. The zero-order valence-corrected chi connectivity index (χ0v) is 12.4. The Labute approximate surface area is 124 Å². The number of hydrogen-bond donors (Lipinski definition) is 1. The summed E-state index contributed by atoms with van der Waals surface area (Å²) < 4.78 is 13.6. The van der Waals surface area contributed by atoms with Crippen LogP contribution in [0.5, 0.6) is 0 Å². The van der Waals surface area contributed by atoms with Crippen LogP contribution in [0.1, 0.15) is 22.7 Å². The predicted molar refractivity (Wildman–Crippen MR) is 77.2 cm³/mol. The van der Waals surface area contributed by atoms with Crippen LogP contribution in [0.3, 0.4) is 0 Å². The first-order chi connectivity index (χ1) is 9.47. The summed E-state index contributed by atoms with van der Waals surface area (Å²) in [5, 5.41) is 9.40. The fourth-order valence-electron chi connectivity index (χ4n) is 1.96. The lowest BCUT2D eigenvalue weighted by Gasteiger charge is -2.14. The largest absolute Gasteiger partial charge is 0.481 e. The first kappa shape index (κ1) is 14.7. The van der Waals surface area contributed by atoms with Gasteiger partial charge in [-0.15, -0.1) is 0 Å². The highest BCUT2D eigenvalue weighted by Crippen LogP contribution is 2.27. The van der Waals surface area contributed by atoms with E-state index in [4.69, 9.17) is 0 Å². The van der Waals surface area contributed by atoms with E-state index in [0.717, 1.165) is 11.1 Å². The molecule has 5 heteroatoms. The molecule has 2 aromatic rings. The molecule has 3 nitrogen and oxygen atoms in total. The van der Waals surface area contributed by atoms with E-state index in [1.807, 2.05) is 13.0 Å². The summed E-state index contributed by atoms with van der Waals surface area (Å²) in [6, 6.07) is 7.67. The van der Waals surface area contributed by atoms with Crippen LogP contribution in [0.15, 0.2) is 41.0 Å². The molecule has 0 aliphatic carbocycles. The highest BCUT2D eigenvalue weighted by Gasteiger charge is 2.24. The number of carboxylic acid groups (broad SMARTS) is 1. The minimum Gasteiger partial charge on any atom is -0.481 e. The number of hydrogen-bond acceptors (Lipinski definition) is 2. The van der Waals surface area contributed by atoms with Gasteiger partial charge in [-0.25, -0.2) is 4.39 Å². The Bertz CT molecular complexity index is 628. The average Bonchev–Trinajstić information content (AvgIpc) is 2.39. The van der Waals surface area contributed by atoms with Gasteiger partial charge in [-0.1, -0.05) is 12.1 Å². The quantitative estimate of drug-likeness (QED) is 0.925. The van der Waals surface area contributed by atoms with Gasteiger partial charge < -0.3 is 5.11 Å². The summed E-state index contributed by atoms with van der Waals surface area (Å²) in [5.41, 5.74) is 2.19. The third-order valence-corrected chi connectivity index (χ3v) is 3.62. The topological polar surface area (TPSA) is 50.2 Å². The molecule has 0 radical (unpaired) electrons. The van der Waals surface area contributed by atoms with Gasteiger partial charge in [0, 0.05) is 10.7 Å². The van der Waals surface area contributed by atoms with Gasteiger partial charge >= 0.3 is 5.97 Å². The Hall–Kier alpha value is -1.75. The Morgan fingerprint density at radius 3 is 2.60 bits per heavy atom. The van der Waals surface area contributed by atoms with Gasteiger partial charge in [0.2, 0.25) is 0 Å². The molecule has 1 aromatic heterocycles. The van der Waals surface area contributed by atoms with E-state index in [0.29, 0.717) is 10.2 Å². The van der Waals surface area contributed by atoms with Crippen LogP contribution in [0, 0.1) is 12.7 Å². The van der Waals surface area contributed by atoms with Crippen molar-refractivity contribution in [2.75, 3.05) is 0 Å². The van der Waals surface area contributed by atoms with Crippen molar-refractivity contribution < 1.29 is 14.3 Å². The highest BCUT2D eigenvalue weighted by molar-refractivity contribution is 9.10. The Morgan fingerprint density at radius 1 is 1.40 bits per heavy atom. The molecule has 0 amide bonds. The summed E-state index contributed by atoms with van der Waals surface area (Å²) in [7, 11) is 0. The number of halogens is 2. The minimum atomic E-state index is -0.952. The van der Waals surface area contributed by atoms with Crippen LogP contribution in [-0.4, -0.2) is 16.1 Å². The van der Waals surface area contributed by atoms with Gasteiger partial charge in [-0.3, -0.25) is 9.78 Å². The molecule has 0 saturated heterocycles. The second-order valence-corrected chi connectivity index (χ2v) is 5.46. The molecule has 0 aliphatic rings. The molecule has 0 fully saturated rings.